The minimum Gasteiger partial charge on any atom is -0.496 e. The Morgan fingerprint density at radius 2 is 2.11 bits per heavy atom. The number of hydrogen-bond donors (Lipinski definition) is 0. The van der Waals surface area contributed by atoms with Crippen molar-refractivity contribution < 1.29 is 13.9 Å². The Balaban J connectivity index is 2.75. The number of rotatable bonds is 3. The average molecular weight is 328 g/mol. The van der Waals surface area contributed by atoms with E-state index in [-0.39, 0.29) is 5.82 Å². The van der Waals surface area contributed by atoms with Gasteiger partial charge in [0.25, 0.3) is 0 Å². The van der Waals surface area contributed by atoms with Crippen molar-refractivity contribution in [1.29, 1.82) is 0 Å². The van der Waals surface area contributed by atoms with Crippen LogP contribution in [-0.2, 0) is 10.3 Å². The molecule has 19 heavy (non-hydrogen) atoms. The summed E-state index contributed by atoms with van der Waals surface area (Å²) in [6.07, 6.45) is 4.97. The average Bonchev–Trinajstić information content (AvgIpc) is 2.83. The SMILES string of the molecule is COc1c(C)cc(F)c(Br)c1C1(N=C=O)CCCC1. The normalized spacial score (nSPS) is 17.1. The molecular formula is C14H15BrFNO2. The van der Waals surface area contributed by atoms with Crippen molar-refractivity contribution >= 4 is 22.0 Å². The first-order chi connectivity index (χ1) is 9.05. The van der Waals surface area contributed by atoms with Crippen LogP contribution in [-0.4, -0.2) is 13.2 Å². The highest BCUT2D eigenvalue weighted by Gasteiger charge is 2.41. The summed E-state index contributed by atoms with van der Waals surface area (Å²) in [5.74, 6) is 0.231. The summed E-state index contributed by atoms with van der Waals surface area (Å²) in [6, 6.07) is 1.42. The summed E-state index contributed by atoms with van der Waals surface area (Å²) < 4.78 is 19.7. The third kappa shape index (κ3) is 2.33. The molecule has 102 valence electrons. The van der Waals surface area contributed by atoms with Gasteiger partial charge >= 0.3 is 0 Å². The van der Waals surface area contributed by atoms with Crippen molar-refractivity contribution in [1.82, 2.24) is 0 Å². The van der Waals surface area contributed by atoms with Gasteiger partial charge in [0.1, 0.15) is 17.1 Å². The smallest absolute Gasteiger partial charge is 0.235 e. The van der Waals surface area contributed by atoms with E-state index in [1.165, 1.54) is 6.07 Å². The molecule has 3 nitrogen and oxygen atoms in total. The summed E-state index contributed by atoms with van der Waals surface area (Å²) in [5.41, 5.74) is 0.623. The Bertz CT molecular complexity index is 547. The van der Waals surface area contributed by atoms with Gasteiger partial charge in [0.15, 0.2) is 0 Å². The minimum absolute atomic E-state index is 0.329. The van der Waals surface area contributed by atoms with E-state index in [2.05, 4.69) is 20.9 Å². The maximum Gasteiger partial charge on any atom is 0.235 e. The molecule has 1 aromatic carbocycles. The third-order valence-electron chi connectivity index (χ3n) is 3.72. The van der Waals surface area contributed by atoms with Crippen LogP contribution in [0.1, 0.15) is 36.8 Å². The van der Waals surface area contributed by atoms with Crippen molar-refractivity contribution in [2.24, 2.45) is 4.99 Å². The molecule has 5 heteroatoms. The standard InChI is InChI=1S/C14H15BrFNO2/c1-9-7-10(16)12(15)11(13(9)19-2)14(17-8-18)5-3-4-6-14/h7H,3-6H2,1-2H3. The van der Waals surface area contributed by atoms with E-state index in [1.807, 2.05) is 0 Å². The summed E-state index contributed by atoms with van der Waals surface area (Å²) in [7, 11) is 1.55. The van der Waals surface area contributed by atoms with Crippen LogP contribution in [0, 0.1) is 12.7 Å². The molecule has 0 aromatic heterocycles. The molecule has 1 aliphatic carbocycles. The van der Waals surface area contributed by atoms with Gasteiger partial charge in [-0.25, -0.2) is 9.18 Å². The fourth-order valence-electron chi connectivity index (χ4n) is 2.88. The molecule has 0 saturated heterocycles. The Labute approximate surface area is 120 Å². The van der Waals surface area contributed by atoms with E-state index in [9.17, 15) is 9.18 Å². The van der Waals surface area contributed by atoms with Crippen LogP contribution < -0.4 is 4.74 Å². The molecular weight excluding hydrogens is 313 g/mol. The molecule has 0 spiro atoms. The van der Waals surface area contributed by atoms with Gasteiger partial charge in [0.05, 0.1) is 11.6 Å². The maximum absolute atomic E-state index is 14.0. The number of methoxy groups -OCH3 is 1. The van der Waals surface area contributed by atoms with Crippen LogP contribution in [0.3, 0.4) is 0 Å². The number of ether oxygens (including phenoxy) is 1. The third-order valence-corrected chi connectivity index (χ3v) is 4.49. The molecule has 0 unspecified atom stereocenters. The van der Waals surface area contributed by atoms with Crippen LogP contribution in [0.5, 0.6) is 5.75 Å². The zero-order valence-corrected chi connectivity index (χ0v) is 12.5. The predicted molar refractivity (Wildman–Crippen MR) is 73.7 cm³/mol. The number of carbonyl (C=O) groups excluding carboxylic acids is 1. The summed E-state index contributed by atoms with van der Waals surface area (Å²) in [4.78, 5) is 14.8. The first kappa shape index (κ1) is 14.2. The molecule has 0 bridgehead atoms. The van der Waals surface area contributed by atoms with Gasteiger partial charge in [-0.2, -0.15) is 4.99 Å². The molecule has 1 aliphatic rings. The number of aryl methyl sites for hydroxylation is 1. The van der Waals surface area contributed by atoms with Gasteiger partial charge in [0, 0.05) is 5.56 Å². The summed E-state index contributed by atoms with van der Waals surface area (Å²) in [5, 5.41) is 0. The molecule has 1 aromatic rings. The molecule has 0 atom stereocenters. The van der Waals surface area contributed by atoms with E-state index < -0.39 is 5.54 Å². The van der Waals surface area contributed by atoms with E-state index in [1.54, 1.807) is 20.1 Å². The van der Waals surface area contributed by atoms with Crippen LogP contribution in [0.25, 0.3) is 0 Å². The van der Waals surface area contributed by atoms with Crippen LogP contribution >= 0.6 is 15.9 Å². The number of isocyanates is 1. The zero-order chi connectivity index (χ0) is 14.0. The Morgan fingerprint density at radius 1 is 1.47 bits per heavy atom. The highest BCUT2D eigenvalue weighted by atomic mass is 79.9. The minimum atomic E-state index is -0.710. The number of aliphatic imine (C=N–C) groups is 1. The fraction of sp³-hybridized carbons (Fsp3) is 0.500. The highest BCUT2D eigenvalue weighted by molar-refractivity contribution is 9.10. The summed E-state index contributed by atoms with van der Waals surface area (Å²) in [6.45, 7) is 1.78. The predicted octanol–water partition coefficient (Wildman–Crippen LogP) is 4.01. The van der Waals surface area contributed by atoms with E-state index >= 15 is 0 Å². The maximum atomic E-state index is 14.0. The van der Waals surface area contributed by atoms with Crippen molar-refractivity contribution in [3.8, 4) is 5.75 Å². The molecule has 0 N–H and O–H groups in total. The van der Waals surface area contributed by atoms with Crippen LogP contribution in [0.2, 0.25) is 0 Å². The van der Waals surface area contributed by atoms with Crippen LogP contribution in [0.15, 0.2) is 15.5 Å². The van der Waals surface area contributed by atoms with Crippen molar-refractivity contribution in [3.63, 3.8) is 0 Å². The second kappa shape index (κ2) is 5.43. The van der Waals surface area contributed by atoms with Gasteiger partial charge in [-0.3, -0.25) is 0 Å². The topological polar surface area (TPSA) is 38.7 Å². The second-order valence-corrected chi connectivity index (χ2v) is 5.63. The number of hydrogen-bond acceptors (Lipinski definition) is 3. The van der Waals surface area contributed by atoms with E-state index in [0.29, 0.717) is 34.2 Å². The zero-order valence-electron chi connectivity index (χ0n) is 10.9. The lowest BCUT2D eigenvalue weighted by Gasteiger charge is -2.27. The summed E-state index contributed by atoms with van der Waals surface area (Å²) >= 11 is 3.28. The van der Waals surface area contributed by atoms with Crippen molar-refractivity contribution in [3.05, 3.63) is 27.5 Å². The second-order valence-electron chi connectivity index (χ2n) is 4.84. The lowest BCUT2D eigenvalue weighted by atomic mass is 9.87. The monoisotopic (exact) mass is 327 g/mol. The van der Waals surface area contributed by atoms with Gasteiger partial charge < -0.3 is 4.74 Å². The van der Waals surface area contributed by atoms with Gasteiger partial charge in [0.2, 0.25) is 6.08 Å². The lowest BCUT2D eigenvalue weighted by molar-refractivity contribution is 0.372. The largest absolute Gasteiger partial charge is 0.496 e. The van der Waals surface area contributed by atoms with Crippen molar-refractivity contribution in [2.45, 2.75) is 38.1 Å². The number of halogens is 2. The van der Waals surface area contributed by atoms with Gasteiger partial charge in [-0.15, -0.1) is 0 Å². The van der Waals surface area contributed by atoms with Crippen molar-refractivity contribution in [2.75, 3.05) is 7.11 Å². The van der Waals surface area contributed by atoms with E-state index in [4.69, 9.17) is 4.74 Å². The fourth-order valence-corrected chi connectivity index (χ4v) is 3.54. The van der Waals surface area contributed by atoms with Gasteiger partial charge in [-0.1, -0.05) is 12.8 Å². The number of benzene rings is 1. The molecule has 1 fully saturated rings. The molecule has 0 radical (unpaired) electrons. The molecule has 2 rings (SSSR count). The molecule has 0 aliphatic heterocycles. The molecule has 0 amide bonds. The first-order valence-electron chi connectivity index (χ1n) is 6.18. The van der Waals surface area contributed by atoms with E-state index in [0.717, 1.165) is 12.8 Å². The molecule has 1 saturated carbocycles. The van der Waals surface area contributed by atoms with Gasteiger partial charge in [-0.05, 0) is 47.3 Å². The Kier molecular flexibility index (Phi) is 4.07. The Morgan fingerprint density at radius 3 is 2.63 bits per heavy atom. The first-order valence-corrected chi connectivity index (χ1v) is 6.97. The molecule has 0 heterocycles. The lowest BCUT2D eigenvalue weighted by Crippen LogP contribution is -2.21. The number of nitrogens with zero attached hydrogens (tertiary/aromatic N) is 1. The highest BCUT2D eigenvalue weighted by Crippen LogP contribution is 2.50. The Hall–Kier alpha value is -1.19. The quantitative estimate of drug-likeness (QED) is 0.621. The van der Waals surface area contributed by atoms with Crippen LogP contribution in [0.4, 0.5) is 4.39 Å².